The third kappa shape index (κ3) is 2.62. The number of amides is 1. The molecule has 1 amide bonds. The van der Waals surface area contributed by atoms with Crippen molar-refractivity contribution < 1.29 is 19.4 Å². The quantitative estimate of drug-likeness (QED) is 0.773. The zero-order valence-electron chi connectivity index (χ0n) is 9.29. The molecule has 0 aromatic carbocycles. The molecule has 7 nitrogen and oxygen atoms in total. The highest BCUT2D eigenvalue weighted by Gasteiger charge is 2.34. The van der Waals surface area contributed by atoms with E-state index in [1.54, 1.807) is 24.0 Å². The van der Waals surface area contributed by atoms with Gasteiger partial charge in [0.05, 0.1) is 0 Å². The van der Waals surface area contributed by atoms with E-state index in [4.69, 9.17) is 9.84 Å². The van der Waals surface area contributed by atoms with E-state index in [2.05, 4.69) is 10.4 Å². The van der Waals surface area contributed by atoms with Crippen molar-refractivity contribution in [1.29, 1.82) is 0 Å². The Kier molecular flexibility index (Phi) is 3.10. The van der Waals surface area contributed by atoms with Gasteiger partial charge in [0.15, 0.2) is 11.9 Å². The minimum Gasteiger partial charge on any atom is -0.479 e. The Balaban J connectivity index is 1.91. The standard InChI is InChI=1S/C10H13N3O4/c1-13-5-4-8(12-13)11-9(14)6-2-3-7(17-6)10(15)16/h4-7H,2-3H2,1H3,(H,15,16)(H,11,12,14). The number of hydrogen-bond acceptors (Lipinski definition) is 4. The second-order valence-electron chi connectivity index (χ2n) is 3.89. The first-order valence-corrected chi connectivity index (χ1v) is 5.25. The van der Waals surface area contributed by atoms with Gasteiger partial charge in [0.2, 0.25) is 0 Å². The van der Waals surface area contributed by atoms with E-state index in [1.165, 1.54) is 0 Å². The van der Waals surface area contributed by atoms with Crippen LogP contribution < -0.4 is 5.32 Å². The average molecular weight is 239 g/mol. The first-order valence-electron chi connectivity index (χ1n) is 5.25. The lowest BCUT2D eigenvalue weighted by Gasteiger charge is -2.10. The van der Waals surface area contributed by atoms with Crippen molar-refractivity contribution in [2.45, 2.75) is 25.0 Å². The number of ether oxygens (including phenoxy) is 1. The third-order valence-electron chi connectivity index (χ3n) is 2.55. The van der Waals surface area contributed by atoms with E-state index in [0.717, 1.165) is 0 Å². The number of nitrogens with one attached hydrogen (secondary N) is 1. The number of aliphatic carboxylic acids is 1. The normalized spacial score (nSPS) is 23.6. The number of carbonyl (C=O) groups excluding carboxylic acids is 1. The van der Waals surface area contributed by atoms with Crippen LogP contribution in [0.15, 0.2) is 12.3 Å². The van der Waals surface area contributed by atoms with Crippen LogP contribution in [0.2, 0.25) is 0 Å². The van der Waals surface area contributed by atoms with Gasteiger partial charge in [-0.05, 0) is 12.8 Å². The molecule has 1 fully saturated rings. The van der Waals surface area contributed by atoms with E-state index in [9.17, 15) is 9.59 Å². The number of carboxylic acid groups (broad SMARTS) is 1. The maximum absolute atomic E-state index is 11.7. The number of aryl methyl sites for hydroxylation is 1. The number of aromatic nitrogens is 2. The Bertz CT molecular complexity index is 443. The molecule has 1 saturated heterocycles. The van der Waals surface area contributed by atoms with E-state index in [1.807, 2.05) is 0 Å². The molecule has 0 radical (unpaired) electrons. The fourth-order valence-electron chi connectivity index (χ4n) is 1.70. The molecule has 0 bridgehead atoms. The van der Waals surface area contributed by atoms with Gasteiger partial charge in [-0.25, -0.2) is 4.79 Å². The zero-order chi connectivity index (χ0) is 12.4. The lowest BCUT2D eigenvalue weighted by atomic mass is 10.2. The van der Waals surface area contributed by atoms with Gasteiger partial charge in [0, 0.05) is 19.3 Å². The molecule has 1 aromatic rings. The molecule has 0 spiro atoms. The number of rotatable bonds is 3. The van der Waals surface area contributed by atoms with Gasteiger partial charge in [0.1, 0.15) is 6.10 Å². The van der Waals surface area contributed by atoms with Crippen LogP contribution >= 0.6 is 0 Å². The lowest BCUT2D eigenvalue weighted by molar-refractivity contribution is -0.150. The lowest BCUT2D eigenvalue weighted by Crippen LogP contribution is -2.30. The highest BCUT2D eigenvalue weighted by Crippen LogP contribution is 2.20. The summed E-state index contributed by atoms with van der Waals surface area (Å²) in [7, 11) is 1.74. The first kappa shape index (κ1) is 11.6. The summed E-state index contributed by atoms with van der Waals surface area (Å²) in [5, 5.41) is 15.3. The Labute approximate surface area is 97.4 Å². The van der Waals surface area contributed by atoms with E-state index >= 15 is 0 Å². The Morgan fingerprint density at radius 1 is 1.53 bits per heavy atom. The van der Waals surface area contributed by atoms with Gasteiger partial charge in [-0.3, -0.25) is 9.48 Å². The zero-order valence-corrected chi connectivity index (χ0v) is 9.29. The topological polar surface area (TPSA) is 93.5 Å². The summed E-state index contributed by atoms with van der Waals surface area (Å²) in [6.45, 7) is 0. The van der Waals surface area contributed by atoms with Crippen LogP contribution in [-0.4, -0.2) is 39.0 Å². The number of carboxylic acids is 1. The molecule has 2 unspecified atom stereocenters. The van der Waals surface area contributed by atoms with Gasteiger partial charge in [-0.15, -0.1) is 0 Å². The molecule has 1 aliphatic heterocycles. The van der Waals surface area contributed by atoms with Gasteiger partial charge < -0.3 is 15.2 Å². The SMILES string of the molecule is Cn1ccc(NC(=O)C2CCC(C(=O)O)O2)n1. The van der Waals surface area contributed by atoms with E-state index < -0.39 is 18.2 Å². The second-order valence-corrected chi connectivity index (χ2v) is 3.89. The van der Waals surface area contributed by atoms with Crippen LogP contribution in [0, 0.1) is 0 Å². The highest BCUT2D eigenvalue weighted by atomic mass is 16.5. The van der Waals surface area contributed by atoms with Crippen molar-refractivity contribution in [1.82, 2.24) is 9.78 Å². The molecule has 0 aliphatic carbocycles. The van der Waals surface area contributed by atoms with Crippen molar-refractivity contribution in [3.63, 3.8) is 0 Å². The summed E-state index contributed by atoms with van der Waals surface area (Å²) >= 11 is 0. The Morgan fingerprint density at radius 2 is 2.24 bits per heavy atom. The molecule has 2 rings (SSSR count). The molecule has 0 saturated carbocycles. The minimum absolute atomic E-state index is 0.354. The van der Waals surface area contributed by atoms with Crippen LogP contribution in [0.25, 0.3) is 0 Å². The Hall–Kier alpha value is -1.89. The molecule has 1 aliphatic rings. The molecule has 2 N–H and O–H groups in total. The summed E-state index contributed by atoms with van der Waals surface area (Å²) < 4.78 is 6.68. The first-order chi connectivity index (χ1) is 8.06. The van der Waals surface area contributed by atoms with Crippen LogP contribution in [0.3, 0.4) is 0 Å². The maximum atomic E-state index is 11.7. The van der Waals surface area contributed by atoms with Gasteiger partial charge in [-0.1, -0.05) is 0 Å². The summed E-state index contributed by atoms with van der Waals surface area (Å²) in [5.74, 6) is -0.953. The smallest absolute Gasteiger partial charge is 0.332 e. The molecule has 2 heterocycles. The Morgan fingerprint density at radius 3 is 2.76 bits per heavy atom. The van der Waals surface area contributed by atoms with Crippen LogP contribution in [0.4, 0.5) is 5.82 Å². The van der Waals surface area contributed by atoms with Crippen molar-refractivity contribution in [3.8, 4) is 0 Å². The molecule has 2 atom stereocenters. The van der Waals surface area contributed by atoms with E-state index in [0.29, 0.717) is 18.7 Å². The van der Waals surface area contributed by atoms with Crippen LogP contribution in [0.5, 0.6) is 0 Å². The van der Waals surface area contributed by atoms with E-state index in [-0.39, 0.29) is 5.91 Å². The average Bonchev–Trinajstić information content (AvgIpc) is 2.86. The summed E-state index contributed by atoms with van der Waals surface area (Å²) in [6, 6.07) is 1.65. The largest absolute Gasteiger partial charge is 0.479 e. The number of anilines is 1. The second kappa shape index (κ2) is 4.54. The van der Waals surface area contributed by atoms with Crippen LogP contribution in [0.1, 0.15) is 12.8 Å². The van der Waals surface area contributed by atoms with Crippen LogP contribution in [-0.2, 0) is 21.4 Å². The maximum Gasteiger partial charge on any atom is 0.332 e. The van der Waals surface area contributed by atoms with Crippen molar-refractivity contribution in [2.75, 3.05) is 5.32 Å². The number of carbonyl (C=O) groups is 2. The molecular formula is C10H13N3O4. The number of hydrogen-bond donors (Lipinski definition) is 2. The molecule has 17 heavy (non-hydrogen) atoms. The van der Waals surface area contributed by atoms with Gasteiger partial charge >= 0.3 is 5.97 Å². The fraction of sp³-hybridized carbons (Fsp3) is 0.500. The van der Waals surface area contributed by atoms with Crippen molar-refractivity contribution in [3.05, 3.63) is 12.3 Å². The number of nitrogens with zero attached hydrogens (tertiary/aromatic N) is 2. The summed E-state index contributed by atoms with van der Waals surface area (Å²) in [5.41, 5.74) is 0. The van der Waals surface area contributed by atoms with Crippen molar-refractivity contribution in [2.24, 2.45) is 7.05 Å². The third-order valence-corrected chi connectivity index (χ3v) is 2.55. The monoisotopic (exact) mass is 239 g/mol. The predicted molar refractivity (Wildman–Crippen MR) is 57.4 cm³/mol. The van der Waals surface area contributed by atoms with Crippen molar-refractivity contribution >= 4 is 17.7 Å². The molecule has 7 heteroatoms. The predicted octanol–water partition coefficient (Wildman–Crippen LogP) is -0.00920. The molecule has 1 aromatic heterocycles. The molecular weight excluding hydrogens is 226 g/mol. The fourth-order valence-corrected chi connectivity index (χ4v) is 1.70. The highest BCUT2D eigenvalue weighted by molar-refractivity contribution is 5.93. The summed E-state index contributed by atoms with van der Waals surface area (Å²) in [4.78, 5) is 22.4. The van der Waals surface area contributed by atoms with Gasteiger partial charge in [0.25, 0.3) is 5.91 Å². The minimum atomic E-state index is -1.03. The van der Waals surface area contributed by atoms with Gasteiger partial charge in [-0.2, -0.15) is 5.10 Å². The molecule has 92 valence electrons. The summed E-state index contributed by atoms with van der Waals surface area (Å²) in [6.07, 6.45) is 0.878.